The Kier molecular flexibility index (Phi) is 3.77. The van der Waals surface area contributed by atoms with E-state index in [0.29, 0.717) is 26.6 Å². The lowest BCUT2D eigenvalue weighted by molar-refractivity contribution is 0.0380. The van der Waals surface area contributed by atoms with E-state index in [1.165, 1.54) is 11.3 Å². The van der Waals surface area contributed by atoms with Gasteiger partial charge in [0, 0.05) is 10.9 Å². The SMILES string of the molecule is CC(C)OC(=O)c1c(-c2ccc(Br)o2)csc1N. The quantitative estimate of drug-likeness (QED) is 0.867. The summed E-state index contributed by atoms with van der Waals surface area (Å²) >= 11 is 4.52. The van der Waals surface area contributed by atoms with Gasteiger partial charge in [0.25, 0.3) is 0 Å². The number of nitrogens with two attached hydrogens (primary N) is 1. The first-order chi connectivity index (χ1) is 8.49. The molecule has 2 rings (SSSR count). The maximum atomic E-state index is 12.0. The molecule has 4 nitrogen and oxygen atoms in total. The van der Waals surface area contributed by atoms with Crippen LogP contribution in [0.5, 0.6) is 0 Å². The highest BCUT2D eigenvalue weighted by Crippen LogP contribution is 2.36. The Bertz CT molecular complexity index is 574. The molecule has 0 saturated heterocycles. The molecular weight excluding hydrogens is 318 g/mol. The maximum absolute atomic E-state index is 12.0. The van der Waals surface area contributed by atoms with Gasteiger partial charge in [0.05, 0.1) is 6.10 Å². The fourth-order valence-corrected chi connectivity index (χ4v) is 2.59. The molecule has 0 aliphatic heterocycles. The summed E-state index contributed by atoms with van der Waals surface area (Å²) in [6.45, 7) is 3.59. The molecule has 0 radical (unpaired) electrons. The van der Waals surface area contributed by atoms with Crippen molar-refractivity contribution < 1.29 is 13.9 Å². The second-order valence-corrected chi connectivity index (χ2v) is 5.64. The molecule has 0 amide bonds. The number of hydrogen-bond donors (Lipinski definition) is 1. The number of thiophene rings is 1. The smallest absolute Gasteiger partial charge is 0.342 e. The molecule has 0 atom stereocenters. The van der Waals surface area contributed by atoms with Gasteiger partial charge in [-0.05, 0) is 41.9 Å². The standard InChI is InChI=1S/C12H12BrNO3S/c1-6(2)16-12(15)10-7(5-18-11(10)14)8-3-4-9(13)17-8/h3-6H,14H2,1-2H3. The van der Waals surface area contributed by atoms with E-state index >= 15 is 0 Å². The van der Waals surface area contributed by atoms with E-state index in [1.54, 1.807) is 31.4 Å². The Labute approximate surface area is 117 Å². The van der Waals surface area contributed by atoms with Crippen LogP contribution in [0.3, 0.4) is 0 Å². The van der Waals surface area contributed by atoms with Gasteiger partial charge in [-0.25, -0.2) is 4.79 Å². The topological polar surface area (TPSA) is 65.5 Å². The van der Waals surface area contributed by atoms with Crippen LogP contribution >= 0.6 is 27.3 Å². The monoisotopic (exact) mass is 329 g/mol. The minimum atomic E-state index is -0.425. The Morgan fingerprint density at radius 3 is 2.78 bits per heavy atom. The Balaban J connectivity index is 2.41. The van der Waals surface area contributed by atoms with Crippen LogP contribution in [0.25, 0.3) is 11.3 Å². The third kappa shape index (κ3) is 2.59. The van der Waals surface area contributed by atoms with Gasteiger partial charge >= 0.3 is 5.97 Å². The lowest BCUT2D eigenvalue weighted by Crippen LogP contribution is -2.13. The number of nitrogen functional groups attached to an aromatic ring is 1. The molecule has 0 spiro atoms. The summed E-state index contributed by atoms with van der Waals surface area (Å²) in [5.74, 6) is 0.164. The second-order valence-electron chi connectivity index (χ2n) is 3.95. The average molecular weight is 330 g/mol. The first-order valence-electron chi connectivity index (χ1n) is 5.32. The number of rotatable bonds is 3. The zero-order chi connectivity index (χ0) is 13.3. The van der Waals surface area contributed by atoms with Gasteiger partial charge in [-0.1, -0.05) is 0 Å². The number of carbonyl (C=O) groups excluding carboxylic acids is 1. The molecule has 0 fully saturated rings. The van der Waals surface area contributed by atoms with Crippen molar-refractivity contribution in [2.45, 2.75) is 20.0 Å². The normalized spacial score (nSPS) is 10.9. The maximum Gasteiger partial charge on any atom is 0.342 e. The van der Waals surface area contributed by atoms with Gasteiger partial charge in [-0.15, -0.1) is 11.3 Å². The van der Waals surface area contributed by atoms with Gasteiger partial charge in [0.1, 0.15) is 16.3 Å². The van der Waals surface area contributed by atoms with E-state index in [-0.39, 0.29) is 6.10 Å². The largest absolute Gasteiger partial charge is 0.459 e. The molecule has 0 saturated carbocycles. The summed E-state index contributed by atoms with van der Waals surface area (Å²) in [5.41, 5.74) is 6.86. The third-order valence-corrected chi connectivity index (χ3v) is 3.44. The molecule has 2 aromatic rings. The predicted octanol–water partition coefficient (Wildman–Crippen LogP) is 3.92. The summed E-state index contributed by atoms with van der Waals surface area (Å²) in [4.78, 5) is 12.0. The molecule has 0 bridgehead atoms. The third-order valence-electron chi connectivity index (χ3n) is 2.21. The van der Waals surface area contributed by atoms with Crippen LogP contribution in [0.1, 0.15) is 24.2 Å². The van der Waals surface area contributed by atoms with Gasteiger partial charge < -0.3 is 14.9 Å². The fraction of sp³-hybridized carbons (Fsp3) is 0.250. The zero-order valence-corrected chi connectivity index (χ0v) is 12.3. The summed E-state index contributed by atoms with van der Waals surface area (Å²) in [7, 11) is 0. The minimum Gasteiger partial charge on any atom is -0.459 e. The molecule has 0 aromatic carbocycles. The Hall–Kier alpha value is -1.27. The number of ether oxygens (including phenoxy) is 1. The van der Waals surface area contributed by atoms with Crippen molar-refractivity contribution in [2.75, 3.05) is 5.73 Å². The van der Waals surface area contributed by atoms with E-state index in [9.17, 15) is 4.79 Å². The van der Waals surface area contributed by atoms with Crippen LogP contribution in [0.15, 0.2) is 26.6 Å². The van der Waals surface area contributed by atoms with Gasteiger partial charge in [-0.3, -0.25) is 0 Å². The van der Waals surface area contributed by atoms with E-state index in [1.807, 2.05) is 0 Å². The minimum absolute atomic E-state index is 0.187. The predicted molar refractivity (Wildman–Crippen MR) is 74.7 cm³/mol. The number of anilines is 1. The first kappa shape index (κ1) is 13.2. The van der Waals surface area contributed by atoms with Crippen LogP contribution in [-0.4, -0.2) is 12.1 Å². The molecule has 0 unspecified atom stereocenters. The van der Waals surface area contributed by atoms with E-state index in [2.05, 4.69) is 15.9 Å². The van der Waals surface area contributed by atoms with Crippen molar-refractivity contribution in [1.82, 2.24) is 0 Å². The molecule has 96 valence electrons. The van der Waals surface area contributed by atoms with E-state index in [4.69, 9.17) is 14.9 Å². The Morgan fingerprint density at radius 2 is 2.22 bits per heavy atom. The lowest BCUT2D eigenvalue weighted by atomic mass is 10.1. The molecule has 2 N–H and O–H groups in total. The highest BCUT2D eigenvalue weighted by atomic mass is 79.9. The van der Waals surface area contributed by atoms with Gasteiger partial charge in [0.2, 0.25) is 0 Å². The van der Waals surface area contributed by atoms with Crippen LogP contribution < -0.4 is 5.73 Å². The van der Waals surface area contributed by atoms with Crippen molar-refractivity contribution in [3.05, 3.63) is 27.7 Å². The summed E-state index contributed by atoms with van der Waals surface area (Å²) < 4.78 is 11.2. The summed E-state index contributed by atoms with van der Waals surface area (Å²) in [5, 5.41) is 2.22. The zero-order valence-electron chi connectivity index (χ0n) is 9.90. The average Bonchev–Trinajstić information content (AvgIpc) is 2.83. The highest BCUT2D eigenvalue weighted by molar-refractivity contribution is 9.10. The van der Waals surface area contributed by atoms with Crippen molar-refractivity contribution >= 4 is 38.2 Å². The van der Waals surface area contributed by atoms with Crippen LogP contribution in [0, 0.1) is 0 Å². The number of esters is 1. The molecule has 0 aliphatic rings. The molecule has 0 aliphatic carbocycles. The number of hydrogen-bond acceptors (Lipinski definition) is 5. The van der Waals surface area contributed by atoms with Crippen molar-refractivity contribution in [3.63, 3.8) is 0 Å². The van der Waals surface area contributed by atoms with Crippen LogP contribution in [0.2, 0.25) is 0 Å². The highest BCUT2D eigenvalue weighted by Gasteiger charge is 2.22. The van der Waals surface area contributed by atoms with Crippen molar-refractivity contribution in [2.24, 2.45) is 0 Å². The van der Waals surface area contributed by atoms with Crippen molar-refractivity contribution in [1.29, 1.82) is 0 Å². The summed E-state index contributed by atoms with van der Waals surface area (Å²) in [6, 6.07) is 3.54. The second kappa shape index (κ2) is 5.16. The van der Waals surface area contributed by atoms with Gasteiger partial charge in [-0.2, -0.15) is 0 Å². The molecule has 2 heterocycles. The Morgan fingerprint density at radius 1 is 1.50 bits per heavy atom. The number of carbonyl (C=O) groups is 1. The number of furan rings is 1. The van der Waals surface area contributed by atoms with E-state index < -0.39 is 5.97 Å². The lowest BCUT2D eigenvalue weighted by Gasteiger charge is -2.08. The fourth-order valence-electron chi connectivity index (χ4n) is 1.50. The van der Waals surface area contributed by atoms with Crippen LogP contribution in [-0.2, 0) is 4.74 Å². The van der Waals surface area contributed by atoms with Gasteiger partial charge in [0.15, 0.2) is 4.67 Å². The molecule has 2 aromatic heterocycles. The van der Waals surface area contributed by atoms with E-state index in [0.717, 1.165) is 0 Å². The van der Waals surface area contributed by atoms with Crippen molar-refractivity contribution in [3.8, 4) is 11.3 Å². The molecule has 6 heteroatoms. The summed E-state index contributed by atoms with van der Waals surface area (Å²) in [6.07, 6.45) is -0.187. The molecule has 18 heavy (non-hydrogen) atoms. The van der Waals surface area contributed by atoms with Crippen LogP contribution in [0.4, 0.5) is 5.00 Å². The molecular formula is C12H12BrNO3S. The first-order valence-corrected chi connectivity index (χ1v) is 7.00. The number of halogens is 1.